The standard InChI is InChI=1S/C15H19NO4/c1-19-12-4-2-3-5-13(12)20-15(18)11-8-6-10(7-9-11)14(16)17/h6-9,12-13H,2-5H2,1H3,(H2,16,17)/t12-,13-/m0/s1. The molecule has 0 spiro atoms. The van der Waals surface area contributed by atoms with Crippen LogP contribution >= 0.6 is 0 Å². The molecule has 2 N–H and O–H groups in total. The molecule has 1 aromatic carbocycles. The predicted molar refractivity (Wildman–Crippen MR) is 73.4 cm³/mol. The molecule has 20 heavy (non-hydrogen) atoms. The maximum absolute atomic E-state index is 12.1. The summed E-state index contributed by atoms with van der Waals surface area (Å²) in [5.41, 5.74) is 5.94. The SMILES string of the molecule is CO[C@H]1CCCC[C@@H]1OC(=O)c1ccc(C(N)=O)cc1. The highest BCUT2D eigenvalue weighted by molar-refractivity contribution is 5.95. The summed E-state index contributed by atoms with van der Waals surface area (Å²) in [7, 11) is 1.64. The molecule has 2 atom stereocenters. The lowest BCUT2D eigenvalue weighted by atomic mass is 9.94. The van der Waals surface area contributed by atoms with Crippen LogP contribution in [0.2, 0.25) is 0 Å². The van der Waals surface area contributed by atoms with Crippen molar-refractivity contribution in [3.8, 4) is 0 Å². The van der Waals surface area contributed by atoms with Gasteiger partial charge in [0.2, 0.25) is 5.91 Å². The summed E-state index contributed by atoms with van der Waals surface area (Å²) >= 11 is 0. The summed E-state index contributed by atoms with van der Waals surface area (Å²) in [6, 6.07) is 6.14. The number of benzene rings is 1. The van der Waals surface area contributed by atoms with Crippen LogP contribution in [0.3, 0.4) is 0 Å². The zero-order valence-corrected chi connectivity index (χ0v) is 11.5. The number of amides is 1. The second-order valence-corrected chi connectivity index (χ2v) is 4.94. The van der Waals surface area contributed by atoms with Crippen molar-refractivity contribution >= 4 is 11.9 Å². The van der Waals surface area contributed by atoms with Crippen molar-refractivity contribution in [2.24, 2.45) is 5.73 Å². The van der Waals surface area contributed by atoms with E-state index in [0.717, 1.165) is 25.7 Å². The average Bonchev–Trinajstić information content (AvgIpc) is 2.48. The third kappa shape index (κ3) is 3.36. The number of primary amides is 1. The zero-order valence-electron chi connectivity index (χ0n) is 11.5. The minimum absolute atomic E-state index is 0.0300. The van der Waals surface area contributed by atoms with Crippen LogP contribution in [-0.4, -0.2) is 31.2 Å². The Morgan fingerprint density at radius 3 is 2.15 bits per heavy atom. The van der Waals surface area contributed by atoms with Crippen molar-refractivity contribution in [2.75, 3.05) is 7.11 Å². The van der Waals surface area contributed by atoms with Crippen LogP contribution in [0, 0.1) is 0 Å². The molecule has 0 aliphatic heterocycles. The van der Waals surface area contributed by atoms with Gasteiger partial charge in [-0.05, 0) is 43.5 Å². The first kappa shape index (κ1) is 14.5. The number of esters is 1. The molecule has 0 aromatic heterocycles. The zero-order chi connectivity index (χ0) is 14.5. The van der Waals surface area contributed by atoms with Gasteiger partial charge in [-0.3, -0.25) is 4.79 Å². The van der Waals surface area contributed by atoms with E-state index in [1.165, 1.54) is 12.1 Å². The molecule has 108 valence electrons. The van der Waals surface area contributed by atoms with Gasteiger partial charge in [0.15, 0.2) is 0 Å². The van der Waals surface area contributed by atoms with Gasteiger partial charge in [0.05, 0.1) is 11.7 Å². The molecule has 0 unspecified atom stereocenters. The molecule has 1 aromatic rings. The van der Waals surface area contributed by atoms with Crippen molar-refractivity contribution in [2.45, 2.75) is 37.9 Å². The third-order valence-electron chi connectivity index (χ3n) is 3.61. The second kappa shape index (κ2) is 6.52. The third-order valence-corrected chi connectivity index (χ3v) is 3.61. The highest BCUT2D eigenvalue weighted by Crippen LogP contribution is 2.24. The molecule has 1 saturated carbocycles. The smallest absolute Gasteiger partial charge is 0.338 e. The van der Waals surface area contributed by atoms with E-state index in [-0.39, 0.29) is 12.2 Å². The van der Waals surface area contributed by atoms with Gasteiger partial charge in [0.1, 0.15) is 6.10 Å². The van der Waals surface area contributed by atoms with Gasteiger partial charge in [0.25, 0.3) is 0 Å². The Morgan fingerprint density at radius 1 is 1.05 bits per heavy atom. The van der Waals surface area contributed by atoms with E-state index in [9.17, 15) is 9.59 Å². The number of rotatable bonds is 4. The van der Waals surface area contributed by atoms with E-state index in [2.05, 4.69) is 0 Å². The Labute approximate surface area is 118 Å². The molecule has 0 heterocycles. The number of carbonyl (C=O) groups excluding carboxylic acids is 2. The molecule has 0 saturated heterocycles. The van der Waals surface area contributed by atoms with E-state index < -0.39 is 11.9 Å². The maximum Gasteiger partial charge on any atom is 0.338 e. The first-order valence-corrected chi connectivity index (χ1v) is 6.75. The first-order valence-electron chi connectivity index (χ1n) is 6.75. The topological polar surface area (TPSA) is 78.6 Å². The summed E-state index contributed by atoms with van der Waals surface area (Å²) in [5, 5.41) is 0. The largest absolute Gasteiger partial charge is 0.456 e. The highest BCUT2D eigenvalue weighted by atomic mass is 16.6. The molecule has 1 aliphatic carbocycles. The Hall–Kier alpha value is -1.88. The number of hydrogen-bond donors (Lipinski definition) is 1. The van der Waals surface area contributed by atoms with E-state index in [1.807, 2.05) is 0 Å². The maximum atomic E-state index is 12.1. The van der Waals surface area contributed by atoms with Gasteiger partial charge in [-0.25, -0.2) is 4.79 Å². The fourth-order valence-electron chi connectivity index (χ4n) is 2.44. The summed E-state index contributed by atoms with van der Waals surface area (Å²) in [6.45, 7) is 0. The van der Waals surface area contributed by atoms with Crippen LogP contribution in [0.1, 0.15) is 46.4 Å². The van der Waals surface area contributed by atoms with Crippen LogP contribution < -0.4 is 5.73 Å². The minimum Gasteiger partial charge on any atom is -0.456 e. The van der Waals surface area contributed by atoms with Crippen LogP contribution in [0.25, 0.3) is 0 Å². The molecule has 0 radical (unpaired) electrons. The summed E-state index contributed by atoms with van der Waals surface area (Å²) in [4.78, 5) is 23.0. The molecule has 1 amide bonds. The fraction of sp³-hybridized carbons (Fsp3) is 0.467. The van der Waals surface area contributed by atoms with Gasteiger partial charge in [0, 0.05) is 12.7 Å². The number of ether oxygens (including phenoxy) is 2. The van der Waals surface area contributed by atoms with Crippen LogP contribution in [0.5, 0.6) is 0 Å². The first-order chi connectivity index (χ1) is 9.61. The van der Waals surface area contributed by atoms with E-state index in [1.54, 1.807) is 19.2 Å². The van der Waals surface area contributed by atoms with Gasteiger partial charge in [-0.1, -0.05) is 6.42 Å². The predicted octanol–water partition coefficient (Wildman–Crippen LogP) is 1.90. The summed E-state index contributed by atoms with van der Waals surface area (Å²) < 4.78 is 10.9. The normalized spacial score (nSPS) is 22.2. The van der Waals surface area contributed by atoms with Crippen molar-refractivity contribution in [3.05, 3.63) is 35.4 Å². The van der Waals surface area contributed by atoms with Gasteiger partial charge in [-0.2, -0.15) is 0 Å². The molecule has 0 bridgehead atoms. The molecule has 1 aliphatic rings. The Morgan fingerprint density at radius 2 is 1.60 bits per heavy atom. The minimum atomic E-state index is -0.517. The van der Waals surface area contributed by atoms with E-state index >= 15 is 0 Å². The fourth-order valence-corrected chi connectivity index (χ4v) is 2.44. The Kier molecular flexibility index (Phi) is 4.74. The van der Waals surface area contributed by atoms with Gasteiger partial charge < -0.3 is 15.2 Å². The molecular formula is C15H19NO4. The van der Waals surface area contributed by atoms with Crippen LogP contribution in [0.4, 0.5) is 0 Å². The van der Waals surface area contributed by atoms with E-state index in [0.29, 0.717) is 11.1 Å². The molecule has 5 nitrogen and oxygen atoms in total. The summed E-state index contributed by atoms with van der Waals surface area (Å²) in [5.74, 6) is -0.911. The lowest BCUT2D eigenvalue weighted by Crippen LogP contribution is -2.35. The molecule has 1 fully saturated rings. The van der Waals surface area contributed by atoms with Crippen LogP contribution in [0.15, 0.2) is 24.3 Å². The average molecular weight is 277 g/mol. The van der Waals surface area contributed by atoms with Crippen molar-refractivity contribution in [3.63, 3.8) is 0 Å². The second-order valence-electron chi connectivity index (χ2n) is 4.94. The summed E-state index contributed by atoms with van der Waals surface area (Å²) in [6.07, 6.45) is 3.64. The van der Waals surface area contributed by atoms with Crippen molar-refractivity contribution in [1.82, 2.24) is 0 Å². The Bertz CT molecular complexity index is 483. The lowest BCUT2D eigenvalue weighted by molar-refractivity contribution is -0.0539. The van der Waals surface area contributed by atoms with Crippen LogP contribution in [-0.2, 0) is 9.47 Å². The monoisotopic (exact) mass is 277 g/mol. The van der Waals surface area contributed by atoms with Crippen molar-refractivity contribution < 1.29 is 19.1 Å². The Balaban J connectivity index is 2.01. The quantitative estimate of drug-likeness (QED) is 0.852. The number of methoxy groups -OCH3 is 1. The lowest BCUT2D eigenvalue weighted by Gasteiger charge is -2.29. The number of nitrogens with two attached hydrogens (primary N) is 1. The molecule has 2 rings (SSSR count). The molecule has 5 heteroatoms. The van der Waals surface area contributed by atoms with E-state index in [4.69, 9.17) is 15.2 Å². The highest BCUT2D eigenvalue weighted by Gasteiger charge is 2.28. The van der Waals surface area contributed by atoms with Crippen molar-refractivity contribution in [1.29, 1.82) is 0 Å². The number of hydrogen-bond acceptors (Lipinski definition) is 4. The molecular weight excluding hydrogens is 258 g/mol. The van der Waals surface area contributed by atoms with Gasteiger partial charge >= 0.3 is 5.97 Å². The number of carbonyl (C=O) groups is 2. The van der Waals surface area contributed by atoms with Gasteiger partial charge in [-0.15, -0.1) is 0 Å².